The van der Waals surface area contributed by atoms with E-state index < -0.39 is 0 Å². The number of rotatable bonds is 7. The van der Waals surface area contributed by atoms with Crippen molar-refractivity contribution in [2.45, 2.75) is 78.4 Å². The molecule has 0 spiro atoms. The highest BCUT2D eigenvalue weighted by molar-refractivity contribution is 7.99. The van der Waals surface area contributed by atoms with E-state index in [1.807, 2.05) is 0 Å². The van der Waals surface area contributed by atoms with Crippen molar-refractivity contribution in [2.24, 2.45) is 11.3 Å². The highest BCUT2D eigenvalue weighted by Gasteiger charge is 2.32. The molecule has 0 saturated heterocycles. The topological polar surface area (TPSA) is 83.6 Å². The van der Waals surface area contributed by atoms with Gasteiger partial charge in [-0.15, -0.1) is 21.5 Å². The average Bonchev–Trinajstić information content (AvgIpc) is 3.25. The van der Waals surface area contributed by atoms with E-state index in [1.54, 1.807) is 11.3 Å². The second-order valence-corrected chi connectivity index (χ2v) is 10.9. The lowest BCUT2D eigenvalue weighted by molar-refractivity contribution is -0.113. The molecule has 8 heteroatoms. The molecular weight excluding hydrogens is 414 g/mol. The van der Waals surface area contributed by atoms with E-state index in [0.717, 1.165) is 55.2 Å². The zero-order chi connectivity index (χ0) is 21.9. The Hall–Kier alpha value is -1.85. The molecule has 1 aliphatic rings. The van der Waals surface area contributed by atoms with Crippen LogP contribution in [0.5, 0.6) is 0 Å². The minimum atomic E-state index is -0.106. The summed E-state index contributed by atoms with van der Waals surface area (Å²) in [5.74, 6) is 1.72. The molecule has 0 aromatic carbocycles. The van der Waals surface area contributed by atoms with Gasteiger partial charge in [0.2, 0.25) is 5.91 Å². The first kappa shape index (κ1) is 22.8. The molecule has 2 heterocycles. The zero-order valence-corrected chi connectivity index (χ0v) is 20.2. The summed E-state index contributed by atoms with van der Waals surface area (Å²) in [7, 11) is 0. The Kier molecular flexibility index (Phi) is 7.25. The molecule has 0 radical (unpaired) electrons. The lowest BCUT2D eigenvalue weighted by Gasteiger charge is -2.33. The van der Waals surface area contributed by atoms with Crippen LogP contribution in [0.4, 0.5) is 5.00 Å². The maximum atomic E-state index is 12.6. The smallest absolute Gasteiger partial charge is 0.235 e. The van der Waals surface area contributed by atoms with Crippen LogP contribution >= 0.6 is 23.1 Å². The van der Waals surface area contributed by atoms with Crippen LogP contribution < -0.4 is 5.32 Å². The van der Waals surface area contributed by atoms with Gasteiger partial charge in [-0.3, -0.25) is 4.79 Å². The van der Waals surface area contributed by atoms with Crippen molar-refractivity contribution in [2.75, 3.05) is 11.1 Å². The molecule has 6 nitrogen and oxygen atoms in total. The Labute approximate surface area is 187 Å². The van der Waals surface area contributed by atoms with Crippen molar-refractivity contribution in [3.05, 3.63) is 21.8 Å². The van der Waals surface area contributed by atoms with E-state index in [-0.39, 0.29) is 17.1 Å². The van der Waals surface area contributed by atoms with Gasteiger partial charge in [-0.1, -0.05) is 39.5 Å². The molecule has 30 heavy (non-hydrogen) atoms. The molecule has 1 amide bonds. The molecule has 1 aliphatic carbocycles. The van der Waals surface area contributed by atoms with Crippen molar-refractivity contribution < 1.29 is 4.79 Å². The largest absolute Gasteiger partial charge is 0.316 e. The van der Waals surface area contributed by atoms with Crippen LogP contribution in [0.25, 0.3) is 0 Å². The number of carbonyl (C=O) groups is 1. The molecule has 1 N–H and O–H groups in total. The van der Waals surface area contributed by atoms with E-state index in [4.69, 9.17) is 0 Å². The summed E-state index contributed by atoms with van der Waals surface area (Å²) in [6, 6.07) is 2.33. The summed E-state index contributed by atoms with van der Waals surface area (Å²) in [5, 5.41) is 22.7. The number of thioether (sulfide) groups is 1. The van der Waals surface area contributed by atoms with Crippen molar-refractivity contribution in [1.82, 2.24) is 14.8 Å². The van der Waals surface area contributed by atoms with Crippen LogP contribution in [0.2, 0.25) is 0 Å². The van der Waals surface area contributed by atoms with Gasteiger partial charge in [0.1, 0.15) is 16.9 Å². The summed E-state index contributed by atoms with van der Waals surface area (Å²) < 4.78 is 2.07. The third-order valence-electron chi connectivity index (χ3n) is 5.77. The van der Waals surface area contributed by atoms with Crippen molar-refractivity contribution in [3.8, 4) is 6.07 Å². The number of aromatic nitrogens is 3. The number of thiophene rings is 1. The van der Waals surface area contributed by atoms with Crippen molar-refractivity contribution in [1.29, 1.82) is 5.26 Å². The van der Waals surface area contributed by atoms with Gasteiger partial charge in [-0.2, -0.15) is 5.26 Å². The number of nitriles is 1. The van der Waals surface area contributed by atoms with Gasteiger partial charge in [0.25, 0.3) is 0 Å². The van der Waals surface area contributed by atoms with Crippen LogP contribution in [0, 0.1) is 22.7 Å². The molecule has 0 fully saturated rings. The second kappa shape index (κ2) is 9.52. The second-order valence-electron chi connectivity index (χ2n) is 8.86. The van der Waals surface area contributed by atoms with E-state index in [9.17, 15) is 10.1 Å². The molecule has 0 aliphatic heterocycles. The van der Waals surface area contributed by atoms with E-state index >= 15 is 0 Å². The maximum absolute atomic E-state index is 12.6. The van der Waals surface area contributed by atoms with Gasteiger partial charge >= 0.3 is 0 Å². The van der Waals surface area contributed by atoms with Crippen molar-refractivity contribution in [3.63, 3.8) is 0 Å². The van der Waals surface area contributed by atoms with Crippen LogP contribution in [-0.2, 0) is 30.6 Å². The Morgan fingerprint density at radius 1 is 1.37 bits per heavy atom. The number of nitrogens with zero attached hydrogens (tertiary/aromatic N) is 4. The minimum Gasteiger partial charge on any atom is -0.316 e. The summed E-state index contributed by atoms with van der Waals surface area (Å²) in [6.45, 7) is 11.8. The number of fused-ring (bicyclic) bond motifs is 1. The average molecular weight is 446 g/mol. The lowest BCUT2D eigenvalue weighted by Crippen LogP contribution is -2.26. The summed E-state index contributed by atoms with van der Waals surface area (Å²) in [6.07, 6.45) is 4.90. The van der Waals surface area contributed by atoms with Crippen LogP contribution in [0.15, 0.2) is 5.16 Å². The fourth-order valence-corrected chi connectivity index (χ4v) is 6.09. The van der Waals surface area contributed by atoms with Gasteiger partial charge in [0.05, 0.1) is 11.3 Å². The fraction of sp³-hybridized carbons (Fsp3) is 0.636. The maximum Gasteiger partial charge on any atom is 0.235 e. The van der Waals surface area contributed by atoms with E-state index in [2.05, 4.69) is 60.8 Å². The predicted octanol–water partition coefficient (Wildman–Crippen LogP) is 5.07. The highest BCUT2D eigenvalue weighted by Crippen LogP contribution is 2.44. The van der Waals surface area contributed by atoms with Gasteiger partial charge < -0.3 is 9.88 Å². The first-order chi connectivity index (χ1) is 14.3. The van der Waals surface area contributed by atoms with Crippen LogP contribution in [0.1, 0.15) is 69.3 Å². The van der Waals surface area contributed by atoms with Gasteiger partial charge in [0, 0.05) is 17.8 Å². The third-order valence-corrected chi connectivity index (χ3v) is 7.91. The number of carbonyl (C=O) groups excluding carboxylic acids is 1. The number of anilines is 1. The minimum absolute atomic E-state index is 0.106. The molecule has 0 unspecified atom stereocenters. The normalized spacial score (nSPS) is 16.2. The van der Waals surface area contributed by atoms with Gasteiger partial charge in [-0.05, 0) is 49.5 Å². The molecule has 1 atom stereocenters. The van der Waals surface area contributed by atoms with Crippen LogP contribution in [-0.4, -0.2) is 26.4 Å². The Morgan fingerprint density at radius 2 is 2.13 bits per heavy atom. The number of amides is 1. The molecule has 2 aromatic heterocycles. The van der Waals surface area contributed by atoms with Crippen LogP contribution in [0.3, 0.4) is 0 Å². The Morgan fingerprint density at radius 3 is 2.77 bits per heavy atom. The summed E-state index contributed by atoms with van der Waals surface area (Å²) >= 11 is 2.97. The van der Waals surface area contributed by atoms with E-state index in [1.165, 1.54) is 16.6 Å². The monoisotopic (exact) mass is 445 g/mol. The first-order valence-corrected chi connectivity index (χ1v) is 12.5. The number of hydrogen-bond acceptors (Lipinski definition) is 6. The predicted molar refractivity (Wildman–Crippen MR) is 123 cm³/mol. The molecule has 3 rings (SSSR count). The van der Waals surface area contributed by atoms with Gasteiger partial charge in [0.15, 0.2) is 5.16 Å². The van der Waals surface area contributed by atoms with Gasteiger partial charge in [-0.25, -0.2) is 0 Å². The highest BCUT2D eigenvalue weighted by atomic mass is 32.2. The third kappa shape index (κ3) is 4.89. The Balaban J connectivity index is 1.68. The molecule has 0 bridgehead atoms. The molecule has 0 saturated carbocycles. The quantitative estimate of drug-likeness (QED) is 0.602. The SMILES string of the molecule is CCCc1nnc(SCC(=O)Nc2sc3c(c2C#N)CC[C@H](C(C)(C)C)C3)n1CC. The number of nitrogens with one attached hydrogen (secondary N) is 1. The van der Waals surface area contributed by atoms with Crippen molar-refractivity contribution >= 4 is 34.0 Å². The summed E-state index contributed by atoms with van der Waals surface area (Å²) in [5.41, 5.74) is 2.05. The first-order valence-electron chi connectivity index (χ1n) is 10.7. The number of hydrogen-bond donors (Lipinski definition) is 1. The molecular formula is C22H31N5OS2. The fourth-order valence-electron chi connectivity index (χ4n) is 3.98. The zero-order valence-electron chi connectivity index (χ0n) is 18.5. The molecule has 2 aromatic rings. The lowest BCUT2D eigenvalue weighted by atomic mass is 9.72. The Bertz CT molecular complexity index is 948. The molecule has 162 valence electrons. The van der Waals surface area contributed by atoms with E-state index in [0.29, 0.717) is 16.5 Å². The standard InChI is InChI=1S/C22H31N5OS2/c1-6-8-18-25-26-21(27(18)7-2)29-13-19(28)24-20-16(12-23)15-10-9-14(22(3,4)5)11-17(15)30-20/h14H,6-11,13H2,1-5H3,(H,24,28)/t14-/m0/s1. The summed E-state index contributed by atoms with van der Waals surface area (Å²) in [4.78, 5) is 13.9. The number of aryl methyl sites for hydroxylation is 1.